The minimum atomic E-state index is -0.236. The first-order chi connectivity index (χ1) is 15.4. The number of H-pyrrole nitrogens is 1. The average molecular weight is 432 g/mol. The summed E-state index contributed by atoms with van der Waals surface area (Å²) in [4.78, 5) is 37.1. The van der Waals surface area contributed by atoms with Crippen molar-refractivity contribution in [2.45, 2.75) is 32.4 Å². The van der Waals surface area contributed by atoms with Crippen molar-refractivity contribution >= 4 is 17.5 Å². The Morgan fingerprint density at radius 2 is 2.09 bits per heavy atom. The van der Waals surface area contributed by atoms with Gasteiger partial charge in [0, 0.05) is 49.2 Å². The van der Waals surface area contributed by atoms with Crippen LogP contribution in [0.5, 0.6) is 5.88 Å². The van der Waals surface area contributed by atoms with E-state index in [-0.39, 0.29) is 36.0 Å². The normalized spacial score (nSPS) is 16.7. The molecule has 1 amide bonds. The molecule has 0 saturated heterocycles. The molecular weight excluding hydrogens is 408 g/mol. The number of hydrogen-bond donors (Lipinski definition) is 3. The van der Waals surface area contributed by atoms with Gasteiger partial charge in [0.2, 0.25) is 17.4 Å². The Labute approximate surface area is 184 Å². The molecule has 1 aromatic carbocycles. The highest BCUT2D eigenvalue weighted by Crippen LogP contribution is 2.32. The molecule has 0 atom stereocenters. The molecule has 32 heavy (non-hydrogen) atoms. The van der Waals surface area contributed by atoms with Crippen molar-refractivity contribution < 1.29 is 9.53 Å². The van der Waals surface area contributed by atoms with E-state index in [4.69, 9.17) is 4.74 Å². The summed E-state index contributed by atoms with van der Waals surface area (Å²) in [6, 6.07) is 9.47. The molecular formula is C23H24N6O3. The molecule has 0 saturated carbocycles. The van der Waals surface area contributed by atoms with Gasteiger partial charge in [0.25, 0.3) is 5.91 Å². The van der Waals surface area contributed by atoms with Gasteiger partial charge in [0.15, 0.2) is 6.73 Å². The Kier molecular flexibility index (Phi) is 4.90. The number of nitrogens with one attached hydrogen (secondary N) is 3. The molecule has 9 nitrogen and oxygen atoms in total. The molecule has 0 aliphatic carbocycles. The first-order valence-corrected chi connectivity index (χ1v) is 10.5. The van der Waals surface area contributed by atoms with E-state index in [1.54, 1.807) is 12.3 Å². The zero-order valence-electron chi connectivity index (χ0n) is 17.9. The second-order valence-electron chi connectivity index (χ2n) is 8.73. The molecule has 4 heterocycles. The fourth-order valence-electron chi connectivity index (χ4n) is 4.19. The molecule has 164 valence electrons. The number of carbonyl (C=O) groups excluding carboxylic acids is 1. The molecule has 2 aliphatic rings. The SMILES string of the molecule is CC1(C)CNCc2cc(Nc3ncc4c(n3)OCN(Cc3cc[nH]c(=O)c3)C4=O)ccc21. The van der Waals surface area contributed by atoms with Crippen molar-refractivity contribution in [3.63, 3.8) is 0 Å². The molecule has 3 aromatic rings. The predicted octanol–water partition coefficient (Wildman–Crippen LogP) is 2.28. The van der Waals surface area contributed by atoms with Crippen LogP contribution in [0, 0.1) is 0 Å². The molecule has 0 fully saturated rings. The van der Waals surface area contributed by atoms with Gasteiger partial charge in [-0.05, 0) is 34.9 Å². The van der Waals surface area contributed by atoms with E-state index in [0.717, 1.165) is 24.3 Å². The van der Waals surface area contributed by atoms with Crippen LogP contribution in [-0.2, 0) is 18.5 Å². The lowest BCUT2D eigenvalue weighted by Crippen LogP contribution is -2.38. The summed E-state index contributed by atoms with van der Waals surface area (Å²) in [5, 5.41) is 6.66. The minimum absolute atomic E-state index is 0.0503. The minimum Gasteiger partial charge on any atom is -0.455 e. The highest BCUT2D eigenvalue weighted by atomic mass is 16.5. The van der Waals surface area contributed by atoms with Crippen molar-refractivity contribution in [3.05, 3.63) is 75.3 Å². The van der Waals surface area contributed by atoms with Gasteiger partial charge in [-0.1, -0.05) is 19.9 Å². The third kappa shape index (κ3) is 3.82. The van der Waals surface area contributed by atoms with E-state index in [1.165, 1.54) is 28.3 Å². The highest BCUT2D eigenvalue weighted by Gasteiger charge is 2.29. The summed E-state index contributed by atoms with van der Waals surface area (Å²) in [5.74, 6) is 0.373. The Bertz CT molecular complexity index is 1250. The molecule has 0 radical (unpaired) electrons. The number of fused-ring (bicyclic) bond motifs is 2. The van der Waals surface area contributed by atoms with Crippen molar-refractivity contribution in [1.29, 1.82) is 0 Å². The fourth-order valence-corrected chi connectivity index (χ4v) is 4.19. The first-order valence-electron chi connectivity index (χ1n) is 10.5. The number of anilines is 2. The maximum atomic E-state index is 12.8. The predicted molar refractivity (Wildman–Crippen MR) is 119 cm³/mol. The largest absolute Gasteiger partial charge is 0.455 e. The number of amides is 1. The van der Waals surface area contributed by atoms with E-state index in [9.17, 15) is 9.59 Å². The molecule has 9 heteroatoms. The molecule has 2 aliphatic heterocycles. The topological polar surface area (TPSA) is 112 Å². The zero-order valence-corrected chi connectivity index (χ0v) is 17.9. The number of pyridine rings is 1. The van der Waals surface area contributed by atoms with Crippen LogP contribution in [0.2, 0.25) is 0 Å². The second kappa shape index (κ2) is 7.76. The number of hydrogen-bond acceptors (Lipinski definition) is 7. The first kappa shape index (κ1) is 20.2. The summed E-state index contributed by atoms with van der Waals surface area (Å²) in [6.45, 7) is 6.54. The maximum Gasteiger partial charge on any atom is 0.263 e. The van der Waals surface area contributed by atoms with Crippen LogP contribution in [0.15, 0.2) is 47.5 Å². The van der Waals surface area contributed by atoms with Crippen LogP contribution >= 0.6 is 0 Å². The van der Waals surface area contributed by atoms with Gasteiger partial charge in [-0.15, -0.1) is 0 Å². The van der Waals surface area contributed by atoms with Crippen molar-refractivity contribution in [2.24, 2.45) is 0 Å². The summed E-state index contributed by atoms with van der Waals surface area (Å²) in [5.41, 5.74) is 4.34. The number of ether oxygens (including phenoxy) is 1. The van der Waals surface area contributed by atoms with Gasteiger partial charge in [-0.2, -0.15) is 4.98 Å². The van der Waals surface area contributed by atoms with E-state index >= 15 is 0 Å². The van der Waals surface area contributed by atoms with Gasteiger partial charge in [0.05, 0.1) is 0 Å². The van der Waals surface area contributed by atoms with Crippen LogP contribution < -0.4 is 20.9 Å². The summed E-state index contributed by atoms with van der Waals surface area (Å²) in [7, 11) is 0. The van der Waals surface area contributed by atoms with Crippen LogP contribution in [0.1, 0.15) is 40.9 Å². The lowest BCUT2D eigenvalue weighted by atomic mass is 9.79. The third-order valence-electron chi connectivity index (χ3n) is 5.81. The molecule has 2 aromatic heterocycles. The molecule has 5 rings (SSSR count). The number of nitrogens with zero attached hydrogens (tertiary/aromatic N) is 3. The monoisotopic (exact) mass is 432 g/mol. The Morgan fingerprint density at radius 1 is 1.22 bits per heavy atom. The van der Waals surface area contributed by atoms with E-state index in [0.29, 0.717) is 11.5 Å². The zero-order chi connectivity index (χ0) is 22.3. The van der Waals surface area contributed by atoms with Gasteiger partial charge in [-0.25, -0.2) is 4.98 Å². The Morgan fingerprint density at radius 3 is 2.94 bits per heavy atom. The van der Waals surface area contributed by atoms with Gasteiger partial charge < -0.3 is 25.3 Å². The Balaban J connectivity index is 1.33. The average Bonchev–Trinajstić information content (AvgIpc) is 2.75. The standard InChI is InChI=1S/C23H24N6O3/c1-23(2)12-24-9-15-8-16(3-4-18(15)23)27-22-26-10-17-20(28-22)32-13-29(21(17)31)11-14-5-6-25-19(30)7-14/h3-8,10,24H,9,11-13H2,1-2H3,(H,25,30)(H,26,27,28). The fraction of sp³-hybridized carbons (Fsp3) is 0.304. The third-order valence-corrected chi connectivity index (χ3v) is 5.81. The van der Waals surface area contributed by atoms with Gasteiger partial charge >= 0.3 is 0 Å². The quantitative estimate of drug-likeness (QED) is 0.580. The molecule has 3 N–H and O–H groups in total. The van der Waals surface area contributed by atoms with Crippen LogP contribution in [0.3, 0.4) is 0 Å². The van der Waals surface area contributed by atoms with E-state index < -0.39 is 0 Å². The van der Waals surface area contributed by atoms with Gasteiger partial charge in [0.1, 0.15) is 5.56 Å². The van der Waals surface area contributed by atoms with Crippen LogP contribution in [-0.4, -0.2) is 39.0 Å². The highest BCUT2D eigenvalue weighted by molar-refractivity contribution is 5.97. The maximum absolute atomic E-state index is 12.8. The van der Waals surface area contributed by atoms with Crippen molar-refractivity contribution in [2.75, 3.05) is 18.6 Å². The molecule has 0 spiro atoms. The second-order valence-corrected chi connectivity index (χ2v) is 8.73. The smallest absolute Gasteiger partial charge is 0.263 e. The summed E-state index contributed by atoms with van der Waals surface area (Å²) in [6.07, 6.45) is 3.03. The molecule has 0 unspecified atom stereocenters. The summed E-state index contributed by atoms with van der Waals surface area (Å²) >= 11 is 0. The number of aromatic amines is 1. The van der Waals surface area contributed by atoms with Crippen LogP contribution in [0.25, 0.3) is 0 Å². The Hall–Kier alpha value is -3.72. The number of benzene rings is 1. The van der Waals surface area contributed by atoms with Crippen LogP contribution in [0.4, 0.5) is 11.6 Å². The molecule has 0 bridgehead atoms. The number of aromatic nitrogens is 3. The van der Waals surface area contributed by atoms with Crippen molar-refractivity contribution in [1.82, 2.24) is 25.2 Å². The van der Waals surface area contributed by atoms with Crippen molar-refractivity contribution in [3.8, 4) is 5.88 Å². The van der Waals surface area contributed by atoms with E-state index in [2.05, 4.69) is 51.6 Å². The number of carbonyl (C=O) groups is 1. The van der Waals surface area contributed by atoms with E-state index in [1.807, 2.05) is 6.07 Å². The number of rotatable bonds is 4. The lowest BCUT2D eigenvalue weighted by Gasteiger charge is -2.33. The van der Waals surface area contributed by atoms with Gasteiger partial charge in [-0.3, -0.25) is 9.59 Å². The summed E-state index contributed by atoms with van der Waals surface area (Å²) < 4.78 is 5.72. The lowest BCUT2D eigenvalue weighted by molar-refractivity contribution is 0.0484.